The summed E-state index contributed by atoms with van der Waals surface area (Å²) in [4.78, 5) is 3.94. The average molecular weight is 251 g/mol. The van der Waals surface area contributed by atoms with Crippen molar-refractivity contribution in [2.24, 2.45) is 0 Å². The van der Waals surface area contributed by atoms with Crippen molar-refractivity contribution in [3.05, 3.63) is 30.9 Å². The lowest BCUT2D eigenvalue weighted by molar-refractivity contribution is -0.0494. The topological polar surface area (TPSA) is 39.9 Å². The van der Waals surface area contributed by atoms with E-state index in [4.69, 9.17) is 0 Å². The molecule has 0 aromatic carbocycles. The number of nitrogens with zero attached hydrogens (tertiary/aromatic N) is 3. The predicted octanol–water partition coefficient (Wildman–Crippen LogP) is 2.88. The van der Waals surface area contributed by atoms with Crippen molar-refractivity contribution in [2.45, 2.75) is 25.5 Å². The Morgan fingerprint density at radius 3 is 2.89 bits per heavy atom. The largest absolute Gasteiger partial charge is 0.434 e. The molecular formula is C12H11F2N3O. The molecule has 1 saturated carbocycles. The molecule has 2 aromatic rings. The van der Waals surface area contributed by atoms with Gasteiger partial charge in [-0.25, -0.2) is 0 Å². The van der Waals surface area contributed by atoms with Gasteiger partial charge in [0, 0.05) is 29.7 Å². The van der Waals surface area contributed by atoms with Crippen LogP contribution in [0.2, 0.25) is 0 Å². The van der Waals surface area contributed by atoms with E-state index in [1.807, 2.05) is 10.9 Å². The Morgan fingerprint density at radius 1 is 1.33 bits per heavy atom. The van der Waals surface area contributed by atoms with Gasteiger partial charge in [-0.1, -0.05) is 0 Å². The van der Waals surface area contributed by atoms with Crippen molar-refractivity contribution in [2.75, 3.05) is 0 Å². The van der Waals surface area contributed by atoms with Crippen LogP contribution >= 0.6 is 0 Å². The normalized spacial score (nSPS) is 15.1. The maximum absolute atomic E-state index is 12.3. The first kappa shape index (κ1) is 11.1. The maximum Gasteiger partial charge on any atom is 0.387 e. The van der Waals surface area contributed by atoms with Crippen LogP contribution in [0.25, 0.3) is 11.1 Å². The highest BCUT2D eigenvalue weighted by Gasteiger charge is 2.24. The SMILES string of the molecule is FC(F)Oc1ccncc1-c1cnn(C2CC2)c1. The summed E-state index contributed by atoms with van der Waals surface area (Å²) in [5.41, 5.74) is 1.27. The first-order valence-electron chi connectivity index (χ1n) is 5.67. The highest BCUT2D eigenvalue weighted by molar-refractivity contribution is 5.68. The lowest BCUT2D eigenvalue weighted by atomic mass is 10.1. The second-order valence-electron chi connectivity index (χ2n) is 4.19. The minimum Gasteiger partial charge on any atom is -0.434 e. The van der Waals surface area contributed by atoms with Gasteiger partial charge in [-0.2, -0.15) is 13.9 Å². The quantitative estimate of drug-likeness (QED) is 0.838. The minimum absolute atomic E-state index is 0.121. The molecule has 0 radical (unpaired) electrons. The average Bonchev–Trinajstić information content (AvgIpc) is 3.08. The van der Waals surface area contributed by atoms with Crippen LogP contribution in [-0.4, -0.2) is 21.4 Å². The molecule has 0 atom stereocenters. The third-order valence-electron chi connectivity index (χ3n) is 2.83. The Balaban J connectivity index is 1.93. The molecule has 0 saturated heterocycles. The van der Waals surface area contributed by atoms with Crippen LogP contribution in [0, 0.1) is 0 Å². The van der Waals surface area contributed by atoms with Crippen LogP contribution in [0.4, 0.5) is 8.78 Å². The lowest BCUT2D eigenvalue weighted by Crippen LogP contribution is -2.03. The second-order valence-corrected chi connectivity index (χ2v) is 4.19. The van der Waals surface area contributed by atoms with E-state index < -0.39 is 6.61 Å². The van der Waals surface area contributed by atoms with Gasteiger partial charge in [-0.05, 0) is 18.9 Å². The number of aromatic nitrogens is 3. The fourth-order valence-electron chi connectivity index (χ4n) is 1.81. The van der Waals surface area contributed by atoms with Crippen molar-refractivity contribution in [1.82, 2.24) is 14.8 Å². The van der Waals surface area contributed by atoms with Gasteiger partial charge >= 0.3 is 6.61 Å². The summed E-state index contributed by atoms with van der Waals surface area (Å²) in [5.74, 6) is 0.121. The van der Waals surface area contributed by atoms with Crippen molar-refractivity contribution in [1.29, 1.82) is 0 Å². The van der Waals surface area contributed by atoms with Crippen LogP contribution in [-0.2, 0) is 0 Å². The number of hydrogen-bond donors (Lipinski definition) is 0. The molecular weight excluding hydrogens is 240 g/mol. The molecule has 0 aliphatic heterocycles. The summed E-state index contributed by atoms with van der Waals surface area (Å²) in [6.45, 7) is -2.84. The molecule has 4 nitrogen and oxygen atoms in total. The van der Waals surface area contributed by atoms with E-state index in [-0.39, 0.29) is 5.75 Å². The van der Waals surface area contributed by atoms with Gasteiger partial charge in [0.25, 0.3) is 0 Å². The number of hydrogen-bond acceptors (Lipinski definition) is 3. The van der Waals surface area contributed by atoms with Gasteiger partial charge in [-0.15, -0.1) is 0 Å². The molecule has 0 amide bonds. The van der Waals surface area contributed by atoms with Crippen LogP contribution in [0.3, 0.4) is 0 Å². The molecule has 0 N–H and O–H groups in total. The fraction of sp³-hybridized carbons (Fsp3) is 0.333. The predicted molar refractivity (Wildman–Crippen MR) is 60.4 cm³/mol. The molecule has 2 heterocycles. The Kier molecular flexibility index (Phi) is 2.70. The van der Waals surface area contributed by atoms with Crippen molar-refractivity contribution < 1.29 is 13.5 Å². The van der Waals surface area contributed by atoms with Crippen LogP contribution < -0.4 is 4.74 Å². The van der Waals surface area contributed by atoms with Crippen LogP contribution in [0.15, 0.2) is 30.9 Å². The Labute approximate surface area is 102 Å². The third kappa shape index (κ3) is 2.18. The van der Waals surface area contributed by atoms with E-state index in [1.165, 1.54) is 18.5 Å². The Morgan fingerprint density at radius 2 is 2.17 bits per heavy atom. The first-order valence-corrected chi connectivity index (χ1v) is 5.67. The zero-order valence-electron chi connectivity index (χ0n) is 9.46. The monoisotopic (exact) mass is 251 g/mol. The maximum atomic E-state index is 12.3. The molecule has 2 aromatic heterocycles. The first-order chi connectivity index (χ1) is 8.74. The smallest absolute Gasteiger partial charge is 0.387 e. The van der Waals surface area contributed by atoms with E-state index in [0.29, 0.717) is 11.6 Å². The second kappa shape index (κ2) is 4.36. The summed E-state index contributed by atoms with van der Waals surface area (Å²) in [6, 6.07) is 1.88. The summed E-state index contributed by atoms with van der Waals surface area (Å²) in [7, 11) is 0. The molecule has 94 valence electrons. The van der Waals surface area contributed by atoms with Gasteiger partial charge in [-0.3, -0.25) is 9.67 Å². The van der Waals surface area contributed by atoms with Crippen molar-refractivity contribution >= 4 is 0 Å². The number of alkyl halides is 2. The number of pyridine rings is 1. The van der Waals surface area contributed by atoms with Crippen LogP contribution in [0.1, 0.15) is 18.9 Å². The van der Waals surface area contributed by atoms with Gasteiger partial charge in [0.15, 0.2) is 0 Å². The van der Waals surface area contributed by atoms with Gasteiger partial charge < -0.3 is 4.74 Å². The molecule has 1 fully saturated rings. The highest BCUT2D eigenvalue weighted by Crippen LogP contribution is 2.36. The van der Waals surface area contributed by atoms with Gasteiger partial charge in [0.1, 0.15) is 5.75 Å². The minimum atomic E-state index is -2.84. The number of ether oxygens (including phenoxy) is 1. The molecule has 0 unspecified atom stereocenters. The van der Waals surface area contributed by atoms with Gasteiger partial charge in [0.2, 0.25) is 0 Å². The molecule has 3 rings (SSSR count). The molecule has 18 heavy (non-hydrogen) atoms. The molecule has 0 bridgehead atoms. The highest BCUT2D eigenvalue weighted by atomic mass is 19.3. The summed E-state index contributed by atoms with van der Waals surface area (Å²) in [5, 5.41) is 4.22. The zero-order valence-corrected chi connectivity index (χ0v) is 9.46. The van der Waals surface area contributed by atoms with Crippen LogP contribution in [0.5, 0.6) is 5.75 Å². The van der Waals surface area contributed by atoms with Gasteiger partial charge in [0.05, 0.1) is 12.2 Å². The standard InChI is InChI=1S/C12H11F2N3O/c13-12(14)18-11-3-4-15-6-10(11)8-5-16-17(7-8)9-1-2-9/h3-7,9,12H,1-2H2. The molecule has 6 heteroatoms. The van der Waals surface area contributed by atoms with Crippen molar-refractivity contribution in [3.63, 3.8) is 0 Å². The van der Waals surface area contributed by atoms with E-state index in [2.05, 4.69) is 14.8 Å². The number of halogens is 2. The molecule has 1 aliphatic rings. The molecule has 0 spiro atoms. The van der Waals surface area contributed by atoms with E-state index in [9.17, 15) is 8.78 Å². The van der Waals surface area contributed by atoms with E-state index in [0.717, 1.165) is 18.4 Å². The Hall–Kier alpha value is -1.98. The van der Waals surface area contributed by atoms with E-state index >= 15 is 0 Å². The summed E-state index contributed by atoms with van der Waals surface area (Å²) in [6.07, 6.45) is 8.66. The van der Waals surface area contributed by atoms with E-state index in [1.54, 1.807) is 6.20 Å². The van der Waals surface area contributed by atoms with Crippen molar-refractivity contribution in [3.8, 4) is 16.9 Å². The number of rotatable bonds is 4. The Bertz CT molecular complexity index is 552. The lowest BCUT2D eigenvalue weighted by Gasteiger charge is -2.08. The summed E-state index contributed by atoms with van der Waals surface area (Å²) >= 11 is 0. The fourth-order valence-corrected chi connectivity index (χ4v) is 1.81. The third-order valence-corrected chi connectivity index (χ3v) is 2.83. The molecule has 1 aliphatic carbocycles. The summed E-state index contributed by atoms with van der Waals surface area (Å²) < 4.78 is 30.9. The zero-order chi connectivity index (χ0) is 12.5.